The maximum Gasteiger partial charge on any atom is 0.350 e. The second-order valence-electron chi connectivity index (χ2n) is 4.61. The molecule has 0 radical (unpaired) electrons. The van der Waals surface area contributed by atoms with Crippen molar-refractivity contribution in [2.24, 2.45) is 0 Å². The van der Waals surface area contributed by atoms with Crippen LogP contribution in [0.1, 0.15) is 34.5 Å². The Morgan fingerprint density at radius 3 is 2.89 bits per heavy atom. The van der Waals surface area contributed by atoms with Crippen molar-refractivity contribution in [1.29, 1.82) is 0 Å². The number of carbonyl (C=O) groups is 2. The van der Waals surface area contributed by atoms with Gasteiger partial charge in [0.05, 0.1) is 18.8 Å². The predicted octanol–water partition coefficient (Wildman–Crippen LogP) is 1.92. The van der Waals surface area contributed by atoms with Crippen LogP contribution in [0.2, 0.25) is 0 Å². The molecule has 2 N–H and O–H groups in total. The van der Waals surface area contributed by atoms with Crippen LogP contribution in [0.25, 0.3) is 0 Å². The first kappa shape index (κ1) is 14.0. The second-order valence-corrected chi connectivity index (χ2v) is 5.49. The summed E-state index contributed by atoms with van der Waals surface area (Å²) in [5, 5.41) is 7.88. The molecule has 0 unspecified atom stereocenters. The van der Waals surface area contributed by atoms with E-state index in [1.165, 1.54) is 18.4 Å². The van der Waals surface area contributed by atoms with Gasteiger partial charge in [-0.2, -0.15) is 0 Å². The maximum atomic E-state index is 12.2. The molecule has 1 saturated heterocycles. The number of ether oxygens (including phenoxy) is 1. The molecule has 1 aromatic rings. The Labute approximate surface area is 116 Å². The fourth-order valence-corrected chi connectivity index (χ4v) is 3.05. The summed E-state index contributed by atoms with van der Waals surface area (Å²) in [6.07, 6.45) is 2.99. The average molecular weight is 282 g/mol. The van der Waals surface area contributed by atoms with Gasteiger partial charge in [0.2, 0.25) is 5.91 Å². The van der Waals surface area contributed by atoms with Crippen LogP contribution in [-0.4, -0.2) is 31.6 Å². The number of nitrogens with one attached hydrogen (secondary N) is 2. The summed E-state index contributed by atoms with van der Waals surface area (Å²) in [5.74, 6) is -0.489. The average Bonchev–Trinajstić information content (AvgIpc) is 2.80. The SMILES string of the molecule is COC(=O)c1scc(C)c1NC(=O)[C@@H]1CCCCN1. The van der Waals surface area contributed by atoms with Gasteiger partial charge in [-0.1, -0.05) is 6.42 Å². The molecule has 1 aliphatic rings. The summed E-state index contributed by atoms with van der Waals surface area (Å²) in [4.78, 5) is 24.2. The van der Waals surface area contributed by atoms with Gasteiger partial charge in [-0.25, -0.2) is 4.79 Å². The molecule has 0 aliphatic carbocycles. The van der Waals surface area contributed by atoms with Crippen molar-refractivity contribution in [3.8, 4) is 0 Å². The van der Waals surface area contributed by atoms with Crippen LogP contribution in [0, 0.1) is 6.92 Å². The summed E-state index contributed by atoms with van der Waals surface area (Å²) in [6, 6.07) is -0.168. The number of thiophene rings is 1. The molecule has 2 heterocycles. The zero-order valence-electron chi connectivity index (χ0n) is 11.1. The van der Waals surface area contributed by atoms with Gasteiger partial charge in [-0.15, -0.1) is 11.3 Å². The molecule has 1 fully saturated rings. The van der Waals surface area contributed by atoms with Gasteiger partial charge in [0.25, 0.3) is 0 Å². The molecular formula is C13H18N2O3S. The third kappa shape index (κ3) is 3.13. The smallest absolute Gasteiger partial charge is 0.350 e. The van der Waals surface area contributed by atoms with Gasteiger partial charge in [-0.3, -0.25) is 4.79 Å². The zero-order valence-corrected chi connectivity index (χ0v) is 11.9. The molecule has 1 amide bonds. The Bertz CT molecular complexity index is 478. The number of aryl methyl sites for hydroxylation is 1. The van der Waals surface area contributed by atoms with E-state index in [0.717, 1.165) is 31.4 Å². The van der Waals surface area contributed by atoms with Crippen molar-refractivity contribution in [3.63, 3.8) is 0 Å². The fourth-order valence-electron chi connectivity index (χ4n) is 2.13. The number of hydrogen-bond acceptors (Lipinski definition) is 5. The number of esters is 1. The van der Waals surface area contributed by atoms with E-state index in [-0.39, 0.29) is 11.9 Å². The maximum absolute atomic E-state index is 12.2. The van der Waals surface area contributed by atoms with Gasteiger partial charge in [0.15, 0.2) is 0 Å². The monoisotopic (exact) mass is 282 g/mol. The summed E-state index contributed by atoms with van der Waals surface area (Å²) < 4.78 is 4.72. The summed E-state index contributed by atoms with van der Waals surface area (Å²) in [5.41, 5.74) is 1.46. The minimum absolute atomic E-state index is 0.0775. The highest BCUT2D eigenvalue weighted by Gasteiger charge is 2.24. The normalized spacial score (nSPS) is 18.9. The molecule has 0 spiro atoms. The molecule has 6 heteroatoms. The molecule has 1 atom stereocenters. The molecule has 1 aliphatic heterocycles. The van der Waals surface area contributed by atoms with E-state index < -0.39 is 5.97 Å². The highest BCUT2D eigenvalue weighted by Crippen LogP contribution is 2.28. The van der Waals surface area contributed by atoms with Gasteiger partial charge in [0.1, 0.15) is 4.88 Å². The third-order valence-electron chi connectivity index (χ3n) is 3.22. The highest BCUT2D eigenvalue weighted by molar-refractivity contribution is 7.12. The number of piperidine rings is 1. The van der Waals surface area contributed by atoms with Gasteiger partial charge < -0.3 is 15.4 Å². The summed E-state index contributed by atoms with van der Waals surface area (Å²) >= 11 is 1.29. The Morgan fingerprint density at radius 1 is 1.47 bits per heavy atom. The first-order valence-corrected chi connectivity index (χ1v) is 7.22. The quantitative estimate of drug-likeness (QED) is 0.831. The first-order valence-electron chi connectivity index (χ1n) is 6.34. The van der Waals surface area contributed by atoms with Crippen LogP contribution in [-0.2, 0) is 9.53 Å². The third-order valence-corrected chi connectivity index (χ3v) is 4.30. The van der Waals surface area contributed by atoms with E-state index in [9.17, 15) is 9.59 Å². The minimum atomic E-state index is -0.412. The summed E-state index contributed by atoms with van der Waals surface area (Å²) in [7, 11) is 1.34. The number of anilines is 1. The molecule has 2 rings (SSSR count). The Balaban J connectivity index is 2.11. The van der Waals surface area contributed by atoms with E-state index in [0.29, 0.717) is 10.6 Å². The second kappa shape index (κ2) is 6.16. The van der Waals surface area contributed by atoms with Crippen LogP contribution in [0.3, 0.4) is 0 Å². The lowest BCUT2D eigenvalue weighted by molar-refractivity contribution is -0.118. The standard InChI is InChI=1S/C13H18N2O3S/c1-8-7-19-11(13(17)18-2)10(8)15-12(16)9-5-3-4-6-14-9/h7,9,14H,3-6H2,1-2H3,(H,15,16)/t9-/m0/s1. The van der Waals surface area contributed by atoms with E-state index >= 15 is 0 Å². The lowest BCUT2D eigenvalue weighted by atomic mass is 10.0. The zero-order chi connectivity index (χ0) is 13.8. The van der Waals surface area contributed by atoms with Crippen molar-refractivity contribution in [2.45, 2.75) is 32.2 Å². The predicted molar refractivity (Wildman–Crippen MR) is 74.7 cm³/mol. The van der Waals surface area contributed by atoms with Crippen molar-refractivity contribution in [2.75, 3.05) is 19.0 Å². The van der Waals surface area contributed by atoms with Crippen LogP contribution in [0.4, 0.5) is 5.69 Å². The van der Waals surface area contributed by atoms with Gasteiger partial charge in [-0.05, 0) is 37.3 Å². The molecule has 0 saturated carbocycles. The topological polar surface area (TPSA) is 67.4 Å². The number of amides is 1. The largest absolute Gasteiger partial charge is 0.465 e. The first-order chi connectivity index (χ1) is 9.13. The van der Waals surface area contributed by atoms with Gasteiger partial charge >= 0.3 is 5.97 Å². The van der Waals surface area contributed by atoms with Crippen LogP contribution in [0.5, 0.6) is 0 Å². The van der Waals surface area contributed by atoms with Crippen LogP contribution in [0.15, 0.2) is 5.38 Å². The molecule has 1 aromatic heterocycles. The lowest BCUT2D eigenvalue weighted by Gasteiger charge is -2.22. The van der Waals surface area contributed by atoms with E-state index in [1.807, 2.05) is 12.3 Å². The molecular weight excluding hydrogens is 264 g/mol. The van der Waals surface area contributed by atoms with E-state index in [4.69, 9.17) is 4.74 Å². The van der Waals surface area contributed by atoms with Crippen LogP contribution < -0.4 is 10.6 Å². The number of methoxy groups -OCH3 is 1. The lowest BCUT2D eigenvalue weighted by Crippen LogP contribution is -2.43. The number of hydrogen-bond donors (Lipinski definition) is 2. The molecule has 0 bridgehead atoms. The van der Waals surface area contributed by atoms with E-state index in [1.54, 1.807) is 0 Å². The molecule has 5 nitrogen and oxygen atoms in total. The number of rotatable bonds is 3. The Hall–Kier alpha value is -1.40. The van der Waals surface area contributed by atoms with E-state index in [2.05, 4.69) is 10.6 Å². The Morgan fingerprint density at radius 2 is 2.26 bits per heavy atom. The summed E-state index contributed by atoms with van der Waals surface area (Å²) in [6.45, 7) is 2.73. The van der Waals surface area contributed by atoms with Crippen LogP contribution >= 0.6 is 11.3 Å². The van der Waals surface area contributed by atoms with Crippen molar-refractivity contribution < 1.29 is 14.3 Å². The highest BCUT2D eigenvalue weighted by atomic mass is 32.1. The molecule has 19 heavy (non-hydrogen) atoms. The fraction of sp³-hybridized carbons (Fsp3) is 0.538. The van der Waals surface area contributed by atoms with Crippen molar-refractivity contribution in [3.05, 3.63) is 15.8 Å². The van der Waals surface area contributed by atoms with Crippen molar-refractivity contribution >= 4 is 28.9 Å². The number of carbonyl (C=O) groups excluding carboxylic acids is 2. The molecule has 104 valence electrons. The molecule has 0 aromatic carbocycles. The minimum Gasteiger partial charge on any atom is -0.465 e. The van der Waals surface area contributed by atoms with Gasteiger partial charge in [0, 0.05) is 0 Å². The van der Waals surface area contributed by atoms with Crippen molar-refractivity contribution in [1.82, 2.24) is 5.32 Å². The Kier molecular flexibility index (Phi) is 4.55.